The SMILES string of the molecule is Cc1ccsc1C(=O)NCC[C@@H]1CCCN(C2CCN(C)CC2)C1. The highest BCUT2D eigenvalue weighted by atomic mass is 32.1. The van der Waals surface area contributed by atoms with Gasteiger partial charge in [0, 0.05) is 19.1 Å². The Morgan fingerprint density at radius 2 is 2.08 bits per heavy atom. The number of likely N-dealkylation sites (tertiary alicyclic amines) is 2. The number of carbonyl (C=O) groups is 1. The highest BCUT2D eigenvalue weighted by Gasteiger charge is 2.27. The van der Waals surface area contributed by atoms with E-state index in [9.17, 15) is 4.79 Å². The van der Waals surface area contributed by atoms with Crippen molar-refractivity contribution in [1.82, 2.24) is 15.1 Å². The van der Waals surface area contributed by atoms with Crippen LogP contribution in [-0.2, 0) is 0 Å². The molecule has 1 aromatic heterocycles. The highest BCUT2D eigenvalue weighted by Crippen LogP contribution is 2.25. The van der Waals surface area contributed by atoms with E-state index in [0.717, 1.165) is 35.4 Å². The normalized spacial score (nSPS) is 24.2. The number of nitrogens with one attached hydrogen (secondary N) is 1. The third kappa shape index (κ3) is 4.58. The summed E-state index contributed by atoms with van der Waals surface area (Å²) in [5, 5.41) is 5.11. The van der Waals surface area contributed by atoms with Gasteiger partial charge in [0.15, 0.2) is 0 Å². The van der Waals surface area contributed by atoms with Crippen LogP contribution in [0.15, 0.2) is 11.4 Å². The molecular weight excluding hydrogens is 318 g/mol. The topological polar surface area (TPSA) is 35.6 Å². The van der Waals surface area contributed by atoms with Crippen LogP contribution >= 0.6 is 11.3 Å². The molecule has 0 radical (unpaired) electrons. The van der Waals surface area contributed by atoms with E-state index in [0.29, 0.717) is 0 Å². The second-order valence-corrected chi connectivity index (χ2v) is 8.43. The molecule has 0 unspecified atom stereocenters. The van der Waals surface area contributed by atoms with Crippen LogP contribution in [0.25, 0.3) is 0 Å². The molecule has 0 aliphatic carbocycles. The fourth-order valence-corrected chi connectivity index (χ4v) is 4.94. The van der Waals surface area contributed by atoms with Crippen molar-refractivity contribution in [2.45, 2.75) is 45.1 Å². The molecule has 0 saturated carbocycles. The monoisotopic (exact) mass is 349 g/mol. The Balaban J connectivity index is 1.41. The van der Waals surface area contributed by atoms with Crippen molar-refractivity contribution in [3.63, 3.8) is 0 Å². The van der Waals surface area contributed by atoms with E-state index in [-0.39, 0.29) is 5.91 Å². The molecule has 5 heteroatoms. The van der Waals surface area contributed by atoms with Gasteiger partial charge in [-0.3, -0.25) is 4.79 Å². The third-order valence-corrected chi connectivity index (χ3v) is 6.68. The summed E-state index contributed by atoms with van der Waals surface area (Å²) in [7, 11) is 2.23. The Hall–Kier alpha value is -0.910. The first-order valence-electron chi connectivity index (χ1n) is 9.38. The minimum atomic E-state index is 0.102. The smallest absolute Gasteiger partial charge is 0.261 e. The van der Waals surface area contributed by atoms with Gasteiger partial charge in [0.2, 0.25) is 0 Å². The maximum absolute atomic E-state index is 12.2. The van der Waals surface area contributed by atoms with Crippen LogP contribution in [0.1, 0.15) is 47.3 Å². The lowest BCUT2D eigenvalue weighted by Gasteiger charge is -2.41. The number of hydrogen-bond donors (Lipinski definition) is 1. The zero-order chi connectivity index (χ0) is 16.9. The number of aryl methyl sites for hydroxylation is 1. The van der Waals surface area contributed by atoms with Crippen molar-refractivity contribution in [2.75, 3.05) is 39.8 Å². The van der Waals surface area contributed by atoms with Crippen LogP contribution in [0.3, 0.4) is 0 Å². The van der Waals surface area contributed by atoms with Gasteiger partial charge in [-0.25, -0.2) is 0 Å². The van der Waals surface area contributed by atoms with Gasteiger partial charge in [-0.2, -0.15) is 0 Å². The minimum absolute atomic E-state index is 0.102. The fraction of sp³-hybridized carbons (Fsp3) is 0.737. The predicted octanol–water partition coefficient (Wildman–Crippen LogP) is 2.98. The summed E-state index contributed by atoms with van der Waals surface area (Å²) in [5.74, 6) is 0.841. The maximum atomic E-state index is 12.2. The van der Waals surface area contributed by atoms with Crippen molar-refractivity contribution in [1.29, 1.82) is 0 Å². The molecule has 134 valence electrons. The number of piperidine rings is 2. The van der Waals surface area contributed by atoms with E-state index in [1.165, 1.54) is 63.2 Å². The number of amides is 1. The number of thiophene rings is 1. The molecular formula is C19H31N3OS. The lowest BCUT2D eigenvalue weighted by molar-refractivity contribution is 0.0757. The average molecular weight is 350 g/mol. The Bertz CT molecular complexity index is 536. The van der Waals surface area contributed by atoms with Gasteiger partial charge in [0.25, 0.3) is 5.91 Å². The van der Waals surface area contributed by atoms with Gasteiger partial charge < -0.3 is 15.1 Å². The molecule has 0 bridgehead atoms. The summed E-state index contributed by atoms with van der Waals surface area (Å²) < 4.78 is 0. The number of nitrogens with zero attached hydrogens (tertiary/aromatic N) is 2. The van der Waals surface area contributed by atoms with Crippen LogP contribution in [-0.4, -0.2) is 61.5 Å². The van der Waals surface area contributed by atoms with E-state index < -0.39 is 0 Å². The van der Waals surface area contributed by atoms with Gasteiger partial charge in [-0.1, -0.05) is 0 Å². The predicted molar refractivity (Wildman–Crippen MR) is 101 cm³/mol. The van der Waals surface area contributed by atoms with Gasteiger partial charge in [0.05, 0.1) is 4.88 Å². The molecule has 4 nitrogen and oxygen atoms in total. The molecule has 1 atom stereocenters. The van der Waals surface area contributed by atoms with Crippen LogP contribution in [0.5, 0.6) is 0 Å². The second-order valence-electron chi connectivity index (χ2n) is 7.51. The molecule has 1 amide bonds. The number of carbonyl (C=O) groups excluding carboxylic acids is 1. The summed E-state index contributed by atoms with van der Waals surface area (Å²) in [6.45, 7) is 7.78. The first kappa shape index (κ1) is 17.9. The molecule has 0 spiro atoms. The van der Waals surface area contributed by atoms with E-state index in [1.54, 1.807) is 0 Å². The highest BCUT2D eigenvalue weighted by molar-refractivity contribution is 7.12. The summed E-state index contributed by atoms with van der Waals surface area (Å²) in [4.78, 5) is 18.2. The van der Waals surface area contributed by atoms with Crippen molar-refractivity contribution in [3.05, 3.63) is 21.9 Å². The Kier molecular flexibility index (Phi) is 6.31. The third-order valence-electron chi connectivity index (χ3n) is 5.66. The second kappa shape index (κ2) is 8.45. The van der Waals surface area contributed by atoms with E-state index in [1.807, 2.05) is 18.4 Å². The standard InChI is InChI=1S/C19H31N3OS/c1-15-8-13-24-18(15)19(23)20-9-5-16-4-3-10-22(14-16)17-6-11-21(2)12-7-17/h8,13,16-17H,3-7,9-12,14H2,1-2H3,(H,20,23)/t16-/m0/s1. The minimum Gasteiger partial charge on any atom is -0.351 e. The number of hydrogen-bond acceptors (Lipinski definition) is 4. The molecule has 2 aliphatic rings. The molecule has 1 N–H and O–H groups in total. The lowest BCUT2D eigenvalue weighted by atomic mass is 9.92. The lowest BCUT2D eigenvalue weighted by Crippen LogP contribution is -2.48. The molecule has 0 aromatic carbocycles. The molecule has 3 rings (SSSR count). The first-order valence-corrected chi connectivity index (χ1v) is 10.3. The molecule has 24 heavy (non-hydrogen) atoms. The Morgan fingerprint density at radius 3 is 2.79 bits per heavy atom. The summed E-state index contributed by atoms with van der Waals surface area (Å²) in [5.41, 5.74) is 1.09. The average Bonchev–Trinajstić information content (AvgIpc) is 3.02. The van der Waals surface area contributed by atoms with Gasteiger partial charge in [0.1, 0.15) is 0 Å². The molecule has 1 aromatic rings. The quantitative estimate of drug-likeness (QED) is 0.888. The summed E-state index contributed by atoms with van der Waals surface area (Å²) >= 11 is 1.54. The first-order chi connectivity index (χ1) is 11.6. The summed E-state index contributed by atoms with van der Waals surface area (Å²) in [6, 6.07) is 2.80. The van der Waals surface area contributed by atoms with Crippen molar-refractivity contribution >= 4 is 17.2 Å². The van der Waals surface area contributed by atoms with E-state index >= 15 is 0 Å². The fourth-order valence-electron chi connectivity index (χ4n) is 4.10. The van der Waals surface area contributed by atoms with Gasteiger partial charge >= 0.3 is 0 Å². The number of rotatable bonds is 5. The van der Waals surface area contributed by atoms with Crippen LogP contribution in [0.2, 0.25) is 0 Å². The zero-order valence-corrected chi connectivity index (χ0v) is 15.9. The van der Waals surface area contributed by atoms with Crippen molar-refractivity contribution in [3.8, 4) is 0 Å². The van der Waals surface area contributed by atoms with Crippen LogP contribution in [0.4, 0.5) is 0 Å². The Morgan fingerprint density at radius 1 is 1.29 bits per heavy atom. The zero-order valence-electron chi connectivity index (χ0n) is 15.1. The van der Waals surface area contributed by atoms with Crippen molar-refractivity contribution in [2.24, 2.45) is 5.92 Å². The molecule has 2 fully saturated rings. The van der Waals surface area contributed by atoms with E-state index in [4.69, 9.17) is 0 Å². The van der Waals surface area contributed by atoms with E-state index in [2.05, 4.69) is 22.2 Å². The van der Waals surface area contributed by atoms with Crippen molar-refractivity contribution < 1.29 is 4.79 Å². The van der Waals surface area contributed by atoms with Gasteiger partial charge in [-0.15, -0.1) is 11.3 Å². The molecule has 2 aliphatic heterocycles. The summed E-state index contributed by atoms with van der Waals surface area (Å²) in [6.07, 6.45) is 6.38. The largest absolute Gasteiger partial charge is 0.351 e. The van der Waals surface area contributed by atoms with Crippen LogP contribution in [0, 0.1) is 12.8 Å². The maximum Gasteiger partial charge on any atom is 0.261 e. The van der Waals surface area contributed by atoms with Crippen LogP contribution < -0.4 is 5.32 Å². The van der Waals surface area contributed by atoms with Gasteiger partial charge in [-0.05, 0) is 88.6 Å². The molecule has 3 heterocycles. The molecule has 2 saturated heterocycles. The Labute approximate surface area is 150 Å².